The van der Waals surface area contributed by atoms with Gasteiger partial charge < -0.3 is 19.3 Å². The van der Waals surface area contributed by atoms with Crippen LogP contribution in [-0.2, 0) is 21.4 Å². The number of para-hydroxylation sites is 1. The van der Waals surface area contributed by atoms with Crippen LogP contribution in [0.2, 0.25) is 0 Å². The molecular formula is C28H33N3O4S. The average Bonchev–Trinajstić information content (AvgIpc) is 3.10. The summed E-state index contributed by atoms with van der Waals surface area (Å²) >= 11 is 0. The Morgan fingerprint density at radius 2 is 1.44 bits per heavy atom. The van der Waals surface area contributed by atoms with E-state index in [0.29, 0.717) is 6.54 Å². The minimum atomic E-state index is -3.68. The fraction of sp³-hybridized carbons (Fsp3) is 0.286. The fourth-order valence-corrected chi connectivity index (χ4v) is 5.37. The Labute approximate surface area is 213 Å². The van der Waals surface area contributed by atoms with Crippen LogP contribution in [0.25, 0.3) is 4.72 Å². The predicted octanol–water partition coefficient (Wildman–Crippen LogP) is 5.20. The third-order valence-corrected chi connectivity index (χ3v) is 7.84. The second-order valence-electron chi connectivity index (χ2n) is 8.96. The van der Waals surface area contributed by atoms with Gasteiger partial charge in [-0.25, -0.2) is 8.42 Å². The molecule has 0 bridgehead atoms. The van der Waals surface area contributed by atoms with E-state index >= 15 is 0 Å². The van der Waals surface area contributed by atoms with E-state index in [4.69, 9.17) is 0 Å². The second-order valence-corrected chi connectivity index (χ2v) is 10.5. The Morgan fingerprint density at radius 1 is 0.861 bits per heavy atom. The summed E-state index contributed by atoms with van der Waals surface area (Å²) in [5, 5.41) is 3.13. The molecular weight excluding hydrogens is 474 g/mol. The predicted molar refractivity (Wildman–Crippen MR) is 142 cm³/mol. The van der Waals surface area contributed by atoms with Crippen molar-refractivity contribution in [2.75, 3.05) is 25.0 Å². The molecule has 1 N–H and O–H groups in total. The molecule has 0 aliphatic carbocycles. The first-order valence-electron chi connectivity index (χ1n) is 12.0. The summed E-state index contributed by atoms with van der Waals surface area (Å²) in [6.07, 6.45) is 0. The van der Waals surface area contributed by atoms with Gasteiger partial charge in [0.2, 0.25) is 0 Å². The summed E-state index contributed by atoms with van der Waals surface area (Å²) in [7, 11) is -3.68. The van der Waals surface area contributed by atoms with Crippen LogP contribution in [0.1, 0.15) is 40.9 Å². The van der Waals surface area contributed by atoms with Gasteiger partial charge in [-0.3, -0.25) is 4.79 Å². The monoisotopic (exact) mass is 507 g/mol. The van der Waals surface area contributed by atoms with Gasteiger partial charge in [0.15, 0.2) is 6.54 Å². The molecule has 0 unspecified atom stereocenters. The molecule has 36 heavy (non-hydrogen) atoms. The summed E-state index contributed by atoms with van der Waals surface area (Å²) in [4.78, 5) is 23.7. The maximum Gasteiger partial charge on any atom is 0.279 e. The van der Waals surface area contributed by atoms with E-state index in [9.17, 15) is 18.0 Å². The molecule has 2 amide bonds. The summed E-state index contributed by atoms with van der Waals surface area (Å²) in [5.74, 6) is -0.586. The Kier molecular flexibility index (Phi) is 8.66. The number of nitrogens with zero attached hydrogens (tertiary/aromatic N) is 2. The maximum atomic E-state index is 12.7. The van der Waals surface area contributed by atoms with Crippen molar-refractivity contribution in [2.45, 2.75) is 39.1 Å². The number of nitrogens with one attached hydrogen (secondary N) is 1. The molecule has 3 aromatic rings. The second kappa shape index (κ2) is 11.5. The zero-order chi connectivity index (χ0) is 26.3. The number of carbonyl (C=O) groups excluding carboxylic acids is 2. The molecule has 3 aromatic carbocycles. The normalized spacial score (nSPS) is 13.7. The van der Waals surface area contributed by atoms with Gasteiger partial charge in [-0.15, -0.1) is 0 Å². The molecule has 1 heterocycles. The number of likely N-dealkylation sites (N-methyl/N-ethyl adjacent to an activating group) is 1. The molecule has 0 fully saturated rings. The van der Waals surface area contributed by atoms with E-state index in [-0.39, 0.29) is 16.4 Å². The average molecular weight is 508 g/mol. The molecule has 7 nitrogen and oxygen atoms in total. The van der Waals surface area contributed by atoms with Crippen molar-refractivity contribution in [3.8, 4) is 0 Å². The summed E-state index contributed by atoms with van der Waals surface area (Å²) in [6.45, 7) is 11.7. The lowest BCUT2D eigenvalue weighted by molar-refractivity contribution is -0.930. The molecule has 8 heteroatoms. The third kappa shape index (κ3) is 6.38. The summed E-state index contributed by atoms with van der Waals surface area (Å²) in [6, 6.07) is 22.5. The summed E-state index contributed by atoms with van der Waals surface area (Å²) in [5.41, 5.74) is 4.61. The molecule has 1 aliphatic heterocycles. The van der Waals surface area contributed by atoms with E-state index in [2.05, 4.69) is 48.2 Å². The number of sulfonamides is 1. The Hall–Kier alpha value is -3.49. The van der Waals surface area contributed by atoms with Gasteiger partial charge >= 0.3 is 0 Å². The van der Waals surface area contributed by atoms with Crippen molar-refractivity contribution in [3.63, 3.8) is 0 Å². The van der Waals surface area contributed by atoms with Crippen LogP contribution in [0.15, 0.2) is 77.7 Å². The highest BCUT2D eigenvalue weighted by Gasteiger charge is 2.27. The molecule has 4 rings (SSSR count). The zero-order valence-corrected chi connectivity index (χ0v) is 22.0. The number of amides is 2. The number of anilines is 1. The van der Waals surface area contributed by atoms with Crippen molar-refractivity contribution in [3.05, 3.63) is 99.8 Å². The maximum absolute atomic E-state index is 12.7. The minimum Gasteiger partial charge on any atom is -0.537 e. The molecule has 0 radical (unpaired) electrons. The number of quaternary nitrogens is 1. The van der Waals surface area contributed by atoms with Crippen LogP contribution >= 0.6 is 0 Å². The SMILES string of the molecule is CC[N+](CC)(CC(=O)Nc1c(C)cccc1C)Cc1ccccc1.O=C1[N-]S(=O)(=O)c2ccccc21. The van der Waals surface area contributed by atoms with E-state index in [1.165, 1.54) is 17.7 Å². The summed E-state index contributed by atoms with van der Waals surface area (Å²) < 4.78 is 25.9. The topological polar surface area (TPSA) is 94.4 Å². The van der Waals surface area contributed by atoms with Crippen LogP contribution in [0, 0.1) is 13.8 Å². The van der Waals surface area contributed by atoms with Crippen LogP contribution < -0.4 is 5.32 Å². The van der Waals surface area contributed by atoms with Crippen LogP contribution in [0.4, 0.5) is 5.69 Å². The van der Waals surface area contributed by atoms with E-state index in [1.807, 2.05) is 38.1 Å². The minimum absolute atomic E-state index is 0.00926. The van der Waals surface area contributed by atoms with E-state index in [1.54, 1.807) is 12.1 Å². The number of hydrogen-bond donors (Lipinski definition) is 1. The Bertz CT molecular complexity index is 1310. The molecule has 0 spiro atoms. The van der Waals surface area contributed by atoms with Gasteiger partial charge in [0.25, 0.3) is 5.91 Å². The Morgan fingerprint density at radius 3 is 2.03 bits per heavy atom. The standard InChI is InChI=1S/C21H28N2O.C7H5NO3S/c1-5-23(6-2,15-19-13-8-7-9-14-19)16-20(24)22-21-17(3)11-10-12-18(21)4;9-7-5-3-1-2-4-6(5)12(10,11)8-7/h7-14H,5-6,15-16H2,1-4H3;1-4H,(H,8,9). The van der Waals surface area contributed by atoms with Crippen molar-refractivity contribution < 1.29 is 22.5 Å². The number of benzene rings is 3. The number of aryl methyl sites for hydroxylation is 2. The smallest absolute Gasteiger partial charge is 0.279 e. The molecule has 0 saturated heterocycles. The van der Waals surface area contributed by atoms with Gasteiger partial charge in [-0.2, -0.15) is 0 Å². The largest absolute Gasteiger partial charge is 0.537 e. The highest BCUT2D eigenvalue weighted by molar-refractivity contribution is 7.95. The third-order valence-electron chi connectivity index (χ3n) is 6.53. The van der Waals surface area contributed by atoms with Crippen molar-refractivity contribution in [1.82, 2.24) is 0 Å². The molecule has 0 aromatic heterocycles. The van der Waals surface area contributed by atoms with Gasteiger partial charge in [-0.05, 0) is 44.9 Å². The van der Waals surface area contributed by atoms with Crippen molar-refractivity contribution >= 4 is 27.5 Å². The first kappa shape index (κ1) is 27.1. The van der Waals surface area contributed by atoms with Crippen LogP contribution in [0.5, 0.6) is 0 Å². The van der Waals surface area contributed by atoms with Crippen molar-refractivity contribution in [1.29, 1.82) is 0 Å². The van der Waals surface area contributed by atoms with Crippen molar-refractivity contribution in [2.24, 2.45) is 0 Å². The molecule has 0 saturated carbocycles. The first-order valence-corrected chi connectivity index (χ1v) is 13.4. The molecule has 190 valence electrons. The molecule has 0 atom stereocenters. The van der Waals surface area contributed by atoms with E-state index in [0.717, 1.165) is 40.9 Å². The quantitative estimate of drug-likeness (QED) is 0.445. The highest BCUT2D eigenvalue weighted by atomic mass is 32.2. The molecule has 1 aliphatic rings. The lowest BCUT2D eigenvalue weighted by Crippen LogP contribution is -2.51. The fourth-order valence-electron chi connectivity index (χ4n) is 4.27. The van der Waals surface area contributed by atoms with Crippen LogP contribution in [0.3, 0.4) is 0 Å². The highest BCUT2D eigenvalue weighted by Crippen LogP contribution is 2.30. The van der Waals surface area contributed by atoms with Crippen LogP contribution in [-0.4, -0.2) is 44.3 Å². The van der Waals surface area contributed by atoms with Gasteiger partial charge in [0, 0.05) is 16.8 Å². The lowest BCUT2D eigenvalue weighted by Gasteiger charge is -2.36. The first-order chi connectivity index (χ1) is 17.1. The number of carbonyl (C=O) groups is 2. The number of fused-ring (bicyclic) bond motifs is 1. The number of hydrogen-bond acceptors (Lipinski definition) is 4. The Balaban J connectivity index is 0.000000249. The van der Waals surface area contributed by atoms with Gasteiger partial charge in [0.1, 0.15) is 16.6 Å². The lowest BCUT2D eigenvalue weighted by atomic mass is 10.1. The zero-order valence-electron chi connectivity index (χ0n) is 21.2. The van der Waals surface area contributed by atoms with Gasteiger partial charge in [-0.1, -0.05) is 66.7 Å². The van der Waals surface area contributed by atoms with Gasteiger partial charge in [0.05, 0.1) is 23.9 Å². The van der Waals surface area contributed by atoms with E-state index < -0.39 is 15.9 Å². The number of rotatable bonds is 7.